The Balaban J connectivity index is 1.86. The Morgan fingerprint density at radius 1 is 1.00 bits per heavy atom. The van der Waals surface area contributed by atoms with E-state index in [1.54, 1.807) is 0 Å². The van der Waals surface area contributed by atoms with E-state index in [2.05, 4.69) is 11.8 Å². The maximum Gasteiger partial charge on any atom is 0.00953 e. The van der Waals surface area contributed by atoms with Crippen LogP contribution in [0.2, 0.25) is 0 Å². The number of piperidine rings is 1. The van der Waals surface area contributed by atoms with Gasteiger partial charge in [0.25, 0.3) is 0 Å². The Hall–Kier alpha value is -0.0800. The Labute approximate surface area is 94.2 Å². The molecule has 0 spiro atoms. The fraction of sp³-hybridized carbons (Fsp3) is 1.00. The molecule has 2 fully saturated rings. The van der Waals surface area contributed by atoms with Crippen LogP contribution in [-0.4, -0.2) is 30.1 Å². The average Bonchev–Trinajstić information content (AvgIpc) is 2.50. The van der Waals surface area contributed by atoms with E-state index in [0.717, 1.165) is 6.04 Å². The van der Waals surface area contributed by atoms with Gasteiger partial charge < -0.3 is 10.6 Å². The number of hydrogen-bond donors (Lipinski definition) is 1. The fourth-order valence-corrected chi connectivity index (χ4v) is 3.15. The summed E-state index contributed by atoms with van der Waals surface area (Å²) in [6.07, 6.45) is 9.88. The van der Waals surface area contributed by atoms with Crippen molar-refractivity contribution in [3.8, 4) is 0 Å². The van der Waals surface area contributed by atoms with Gasteiger partial charge >= 0.3 is 0 Å². The summed E-state index contributed by atoms with van der Waals surface area (Å²) >= 11 is 0. The van der Waals surface area contributed by atoms with Crippen molar-refractivity contribution in [1.82, 2.24) is 4.90 Å². The van der Waals surface area contributed by atoms with Gasteiger partial charge in [-0.2, -0.15) is 0 Å². The smallest absolute Gasteiger partial charge is 0.00953 e. The molecule has 88 valence electrons. The molecule has 2 heteroatoms. The molecule has 2 rings (SSSR count). The van der Waals surface area contributed by atoms with Crippen molar-refractivity contribution in [3.63, 3.8) is 0 Å². The van der Waals surface area contributed by atoms with Crippen molar-refractivity contribution in [3.05, 3.63) is 0 Å². The lowest BCUT2D eigenvalue weighted by Crippen LogP contribution is -2.49. The van der Waals surface area contributed by atoms with Crippen molar-refractivity contribution in [2.45, 2.75) is 64.0 Å². The molecule has 1 saturated carbocycles. The lowest BCUT2D eigenvalue weighted by atomic mass is 9.92. The van der Waals surface area contributed by atoms with Crippen LogP contribution in [0, 0.1) is 5.92 Å². The van der Waals surface area contributed by atoms with Crippen LogP contribution in [0.1, 0.15) is 51.9 Å². The highest BCUT2D eigenvalue weighted by molar-refractivity contribution is 4.84. The summed E-state index contributed by atoms with van der Waals surface area (Å²) in [6, 6.07) is 1.33. The molecular formula is C13H26N2. The predicted octanol–water partition coefficient (Wildman–Crippen LogP) is 2.38. The van der Waals surface area contributed by atoms with Gasteiger partial charge in [-0.15, -0.1) is 0 Å². The molecule has 0 aromatic carbocycles. The second kappa shape index (κ2) is 5.31. The minimum absolute atomic E-state index is 0.451. The Bertz CT molecular complexity index is 185. The topological polar surface area (TPSA) is 29.3 Å². The summed E-state index contributed by atoms with van der Waals surface area (Å²) in [5.74, 6) is 0.696. The molecule has 1 saturated heterocycles. The molecule has 2 N–H and O–H groups in total. The monoisotopic (exact) mass is 210 g/mol. The molecule has 1 aliphatic heterocycles. The van der Waals surface area contributed by atoms with Crippen molar-refractivity contribution in [1.29, 1.82) is 0 Å². The van der Waals surface area contributed by atoms with E-state index in [1.807, 2.05) is 0 Å². The first-order valence-corrected chi connectivity index (χ1v) is 6.77. The molecular weight excluding hydrogens is 184 g/mol. The van der Waals surface area contributed by atoms with Gasteiger partial charge in [0.15, 0.2) is 0 Å². The number of hydrogen-bond acceptors (Lipinski definition) is 2. The van der Waals surface area contributed by atoms with Gasteiger partial charge in [0.05, 0.1) is 0 Å². The summed E-state index contributed by atoms with van der Waals surface area (Å²) in [6.45, 7) is 4.80. The summed E-state index contributed by atoms with van der Waals surface area (Å²) < 4.78 is 0. The highest BCUT2D eigenvalue weighted by Gasteiger charge is 2.28. The Morgan fingerprint density at radius 3 is 2.27 bits per heavy atom. The molecule has 0 aromatic rings. The fourth-order valence-electron chi connectivity index (χ4n) is 3.15. The maximum atomic E-state index is 6.07. The molecule has 2 nitrogen and oxygen atoms in total. The second-order valence-electron chi connectivity index (χ2n) is 5.57. The third-order valence-electron chi connectivity index (χ3n) is 4.34. The summed E-state index contributed by atoms with van der Waals surface area (Å²) in [7, 11) is 0. The van der Waals surface area contributed by atoms with Crippen LogP contribution >= 0.6 is 0 Å². The van der Waals surface area contributed by atoms with Crippen LogP contribution in [0.5, 0.6) is 0 Å². The van der Waals surface area contributed by atoms with Gasteiger partial charge in [-0.25, -0.2) is 0 Å². The molecule has 0 aromatic heterocycles. The summed E-state index contributed by atoms with van der Waals surface area (Å²) in [4.78, 5) is 2.72. The van der Waals surface area contributed by atoms with Crippen molar-refractivity contribution in [2.75, 3.05) is 13.1 Å². The van der Waals surface area contributed by atoms with E-state index in [-0.39, 0.29) is 0 Å². The van der Waals surface area contributed by atoms with Crippen molar-refractivity contribution >= 4 is 0 Å². The van der Waals surface area contributed by atoms with E-state index in [0.29, 0.717) is 12.0 Å². The van der Waals surface area contributed by atoms with Crippen LogP contribution in [0.25, 0.3) is 0 Å². The van der Waals surface area contributed by atoms with Crippen LogP contribution in [0.15, 0.2) is 0 Å². The Kier molecular flexibility index (Phi) is 4.04. The van der Waals surface area contributed by atoms with E-state index >= 15 is 0 Å². The number of nitrogens with two attached hydrogens (primary N) is 1. The number of nitrogens with zero attached hydrogens (tertiary/aromatic N) is 1. The molecule has 0 amide bonds. The van der Waals surface area contributed by atoms with Crippen molar-refractivity contribution in [2.24, 2.45) is 11.7 Å². The van der Waals surface area contributed by atoms with Crippen LogP contribution in [0.3, 0.4) is 0 Å². The SMILES string of the molecule is CC1CN(C2CCCCCC2)CCC1N. The first kappa shape index (κ1) is 11.4. The third-order valence-corrected chi connectivity index (χ3v) is 4.34. The summed E-state index contributed by atoms with van der Waals surface area (Å²) in [5.41, 5.74) is 6.07. The largest absolute Gasteiger partial charge is 0.327 e. The zero-order chi connectivity index (χ0) is 10.7. The standard InChI is InChI=1S/C13H26N2/c1-11-10-15(9-8-13(11)14)12-6-4-2-3-5-7-12/h11-13H,2-10,14H2,1H3. The molecule has 1 aliphatic carbocycles. The zero-order valence-corrected chi connectivity index (χ0v) is 10.1. The van der Waals surface area contributed by atoms with Gasteiger partial charge in [-0.3, -0.25) is 0 Å². The van der Waals surface area contributed by atoms with E-state index in [4.69, 9.17) is 5.73 Å². The number of likely N-dealkylation sites (tertiary alicyclic amines) is 1. The maximum absolute atomic E-state index is 6.07. The van der Waals surface area contributed by atoms with E-state index < -0.39 is 0 Å². The van der Waals surface area contributed by atoms with E-state index in [1.165, 1.54) is 58.0 Å². The molecule has 2 atom stereocenters. The predicted molar refractivity (Wildman–Crippen MR) is 64.8 cm³/mol. The van der Waals surface area contributed by atoms with Gasteiger partial charge in [-0.05, 0) is 31.7 Å². The molecule has 15 heavy (non-hydrogen) atoms. The molecule has 2 aliphatic rings. The lowest BCUT2D eigenvalue weighted by Gasteiger charge is -2.39. The summed E-state index contributed by atoms with van der Waals surface area (Å²) in [5, 5.41) is 0. The lowest BCUT2D eigenvalue weighted by molar-refractivity contribution is 0.106. The quantitative estimate of drug-likeness (QED) is 0.673. The normalized spacial score (nSPS) is 36.4. The first-order chi connectivity index (χ1) is 7.27. The molecule has 0 bridgehead atoms. The highest BCUT2D eigenvalue weighted by atomic mass is 15.2. The van der Waals surface area contributed by atoms with Crippen LogP contribution < -0.4 is 5.73 Å². The molecule has 1 heterocycles. The average molecular weight is 210 g/mol. The molecule has 0 radical (unpaired) electrons. The number of rotatable bonds is 1. The van der Waals surface area contributed by atoms with Crippen LogP contribution in [-0.2, 0) is 0 Å². The second-order valence-corrected chi connectivity index (χ2v) is 5.57. The van der Waals surface area contributed by atoms with Gasteiger partial charge in [0.2, 0.25) is 0 Å². The zero-order valence-electron chi connectivity index (χ0n) is 10.1. The Morgan fingerprint density at radius 2 is 1.67 bits per heavy atom. The third kappa shape index (κ3) is 2.94. The van der Waals surface area contributed by atoms with Crippen LogP contribution in [0.4, 0.5) is 0 Å². The highest BCUT2D eigenvalue weighted by Crippen LogP contribution is 2.25. The van der Waals surface area contributed by atoms with Gasteiger partial charge in [0.1, 0.15) is 0 Å². The minimum atomic E-state index is 0.451. The van der Waals surface area contributed by atoms with Gasteiger partial charge in [0, 0.05) is 18.6 Å². The van der Waals surface area contributed by atoms with E-state index in [9.17, 15) is 0 Å². The minimum Gasteiger partial charge on any atom is -0.327 e. The van der Waals surface area contributed by atoms with Crippen molar-refractivity contribution < 1.29 is 0 Å². The molecule has 2 unspecified atom stereocenters. The van der Waals surface area contributed by atoms with Gasteiger partial charge in [-0.1, -0.05) is 32.6 Å². The first-order valence-electron chi connectivity index (χ1n) is 6.77.